The third-order valence-corrected chi connectivity index (χ3v) is 6.39. The van der Waals surface area contributed by atoms with Crippen molar-refractivity contribution in [3.63, 3.8) is 0 Å². The summed E-state index contributed by atoms with van der Waals surface area (Å²) in [5.74, 6) is 0.0765. The number of nitrogens with zero attached hydrogens (tertiary/aromatic N) is 2. The van der Waals surface area contributed by atoms with E-state index in [4.69, 9.17) is 4.74 Å². The number of likely N-dealkylation sites (N-methyl/N-ethyl adjacent to an activating group) is 1. The smallest absolute Gasteiger partial charge is 0.312 e. The minimum atomic E-state index is -0.471. The third kappa shape index (κ3) is 4.01. The molecule has 1 aliphatic carbocycles. The first kappa shape index (κ1) is 18.4. The zero-order chi connectivity index (χ0) is 18.8. The topological polar surface area (TPSA) is 61.9 Å². The molecule has 6 heteroatoms. The zero-order valence-corrected chi connectivity index (χ0v) is 16.0. The van der Waals surface area contributed by atoms with E-state index in [2.05, 4.69) is 17.3 Å². The van der Waals surface area contributed by atoms with E-state index >= 15 is 0 Å². The van der Waals surface area contributed by atoms with E-state index < -0.39 is 11.8 Å². The molecule has 146 valence electrons. The zero-order valence-electron chi connectivity index (χ0n) is 16.0. The Morgan fingerprint density at radius 2 is 2.00 bits per heavy atom. The van der Waals surface area contributed by atoms with Crippen molar-refractivity contribution in [3.05, 3.63) is 35.9 Å². The van der Waals surface area contributed by atoms with E-state index in [0.717, 1.165) is 44.5 Å². The average Bonchev–Trinajstić information content (AvgIpc) is 3.09. The molecule has 3 aliphatic rings. The van der Waals surface area contributed by atoms with Crippen LogP contribution in [0.2, 0.25) is 0 Å². The predicted molar refractivity (Wildman–Crippen MR) is 102 cm³/mol. The number of amides is 2. The first-order chi connectivity index (χ1) is 13.1. The van der Waals surface area contributed by atoms with Crippen LogP contribution in [0.4, 0.5) is 0 Å². The van der Waals surface area contributed by atoms with Gasteiger partial charge in [-0.25, -0.2) is 0 Å². The van der Waals surface area contributed by atoms with Gasteiger partial charge in [-0.1, -0.05) is 30.3 Å². The van der Waals surface area contributed by atoms with Crippen LogP contribution in [0.25, 0.3) is 0 Å². The van der Waals surface area contributed by atoms with E-state index in [9.17, 15) is 9.59 Å². The highest BCUT2D eigenvalue weighted by atomic mass is 16.5. The van der Waals surface area contributed by atoms with Crippen molar-refractivity contribution in [2.75, 3.05) is 39.8 Å². The summed E-state index contributed by atoms with van der Waals surface area (Å²) in [6.07, 6.45) is 3.66. The highest BCUT2D eigenvalue weighted by Gasteiger charge is 2.38. The molecule has 1 aromatic carbocycles. The summed E-state index contributed by atoms with van der Waals surface area (Å²) in [5, 5.41) is 2.92. The summed E-state index contributed by atoms with van der Waals surface area (Å²) in [5.41, 5.74) is 1.08. The van der Waals surface area contributed by atoms with Gasteiger partial charge in [0.2, 0.25) is 0 Å². The molecule has 1 N–H and O–H groups in total. The first-order valence-electron chi connectivity index (χ1n) is 10.1. The second-order valence-corrected chi connectivity index (χ2v) is 8.19. The number of fused-ring (bicyclic) bond motifs is 2. The summed E-state index contributed by atoms with van der Waals surface area (Å²) in [7, 11) is 2.05. The van der Waals surface area contributed by atoms with Crippen LogP contribution in [-0.2, 0) is 14.3 Å². The fourth-order valence-electron chi connectivity index (χ4n) is 4.72. The summed E-state index contributed by atoms with van der Waals surface area (Å²) in [6.45, 7) is 3.48. The van der Waals surface area contributed by atoms with Gasteiger partial charge in [-0.2, -0.15) is 0 Å². The number of hydrogen-bond donors (Lipinski definition) is 1. The molecule has 4 atom stereocenters. The molecule has 2 saturated heterocycles. The van der Waals surface area contributed by atoms with Crippen LogP contribution in [0.3, 0.4) is 0 Å². The lowest BCUT2D eigenvalue weighted by Gasteiger charge is -2.40. The third-order valence-electron chi connectivity index (χ3n) is 6.39. The first-order valence-corrected chi connectivity index (χ1v) is 10.1. The number of carbonyl (C=O) groups excluding carboxylic acids is 2. The van der Waals surface area contributed by atoms with Crippen LogP contribution in [-0.4, -0.2) is 67.6 Å². The Kier molecular flexibility index (Phi) is 5.45. The molecular formula is C21H29N3O3. The maximum Gasteiger partial charge on any atom is 0.312 e. The Labute approximate surface area is 160 Å². The van der Waals surface area contributed by atoms with Crippen LogP contribution in [0.15, 0.2) is 30.3 Å². The predicted octanol–water partition coefficient (Wildman–Crippen LogP) is 1.43. The summed E-state index contributed by atoms with van der Waals surface area (Å²) in [6, 6.07) is 9.90. The molecule has 1 aromatic rings. The largest absolute Gasteiger partial charge is 0.378 e. The molecule has 4 unspecified atom stereocenters. The van der Waals surface area contributed by atoms with E-state index in [1.54, 1.807) is 4.90 Å². The van der Waals surface area contributed by atoms with Gasteiger partial charge < -0.3 is 19.9 Å². The molecule has 0 radical (unpaired) electrons. The fourth-order valence-corrected chi connectivity index (χ4v) is 4.72. The molecular weight excluding hydrogens is 342 g/mol. The van der Waals surface area contributed by atoms with Gasteiger partial charge in [-0.05, 0) is 43.7 Å². The number of benzene rings is 1. The Balaban J connectivity index is 1.38. The highest BCUT2D eigenvalue weighted by Crippen LogP contribution is 2.37. The fraction of sp³-hybridized carbons (Fsp3) is 0.619. The summed E-state index contributed by atoms with van der Waals surface area (Å²) < 4.78 is 5.74. The number of rotatable bonds is 3. The van der Waals surface area contributed by atoms with E-state index in [1.807, 2.05) is 30.3 Å². The number of ether oxygens (including phenoxy) is 1. The highest BCUT2D eigenvalue weighted by molar-refractivity contribution is 6.35. The van der Waals surface area contributed by atoms with Gasteiger partial charge in [-0.3, -0.25) is 9.59 Å². The van der Waals surface area contributed by atoms with Crippen LogP contribution >= 0.6 is 0 Å². The van der Waals surface area contributed by atoms with Gasteiger partial charge in [-0.15, -0.1) is 0 Å². The van der Waals surface area contributed by atoms with Gasteiger partial charge in [0.05, 0.1) is 18.8 Å². The van der Waals surface area contributed by atoms with Crippen molar-refractivity contribution in [1.82, 2.24) is 15.1 Å². The molecule has 2 heterocycles. The number of carbonyl (C=O) groups is 2. The monoisotopic (exact) mass is 371 g/mol. The average molecular weight is 371 g/mol. The normalized spacial score (nSPS) is 30.9. The Bertz CT molecular complexity index is 681. The van der Waals surface area contributed by atoms with Crippen molar-refractivity contribution in [1.29, 1.82) is 0 Å². The number of hydrogen-bond acceptors (Lipinski definition) is 4. The minimum Gasteiger partial charge on any atom is -0.378 e. The lowest BCUT2D eigenvalue weighted by Crippen LogP contribution is -2.53. The molecule has 27 heavy (non-hydrogen) atoms. The van der Waals surface area contributed by atoms with Gasteiger partial charge in [0.25, 0.3) is 0 Å². The van der Waals surface area contributed by atoms with Crippen molar-refractivity contribution >= 4 is 11.8 Å². The quantitative estimate of drug-likeness (QED) is 0.817. The van der Waals surface area contributed by atoms with Crippen LogP contribution < -0.4 is 5.32 Å². The lowest BCUT2D eigenvalue weighted by atomic mass is 9.80. The summed E-state index contributed by atoms with van der Waals surface area (Å²) in [4.78, 5) is 29.4. The van der Waals surface area contributed by atoms with Crippen molar-refractivity contribution in [2.45, 2.75) is 31.4 Å². The lowest BCUT2D eigenvalue weighted by molar-refractivity contribution is -0.149. The molecule has 3 fully saturated rings. The van der Waals surface area contributed by atoms with Crippen LogP contribution in [0.5, 0.6) is 0 Å². The SMILES string of the molecule is CN1CCN(C(=O)C(=O)NCC2CCC3CC2CO3)C(c2ccccc2)C1. The second-order valence-electron chi connectivity index (χ2n) is 8.19. The second kappa shape index (κ2) is 7.98. The standard InChI is InChI=1S/C21H29N3O3/c1-23-9-10-24(19(13-23)15-5-3-2-4-6-15)21(26)20(25)22-12-16-7-8-18-11-17(16)14-27-18/h2-6,16-19H,7-14H2,1H3,(H,22,25). The molecule has 2 aliphatic heterocycles. The van der Waals surface area contributed by atoms with E-state index in [1.165, 1.54) is 0 Å². The molecule has 4 rings (SSSR count). The number of piperazine rings is 1. The minimum absolute atomic E-state index is 0.0816. The van der Waals surface area contributed by atoms with Crippen molar-refractivity contribution < 1.29 is 14.3 Å². The molecule has 6 nitrogen and oxygen atoms in total. The van der Waals surface area contributed by atoms with Crippen LogP contribution in [0.1, 0.15) is 30.9 Å². The maximum absolute atomic E-state index is 12.9. The summed E-state index contributed by atoms with van der Waals surface area (Å²) >= 11 is 0. The van der Waals surface area contributed by atoms with Crippen molar-refractivity contribution in [3.8, 4) is 0 Å². The molecule has 0 spiro atoms. The van der Waals surface area contributed by atoms with E-state index in [-0.39, 0.29) is 6.04 Å². The molecule has 1 saturated carbocycles. The molecule has 2 bridgehead atoms. The number of nitrogens with one attached hydrogen (secondary N) is 1. The van der Waals surface area contributed by atoms with Gasteiger partial charge >= 0.3 is 11.8 Å². The van der Waals surface area contributed by atoms with Crippen molar-refractivity contribution in [2.24, 2.45) is 11.8 Å². The Hall–Kier alpha value is -1.92. The molecule has 0 aromatic heterocycles. The van der Waals surface area contributed by atoms with Gasteiger partial charge in [0.15, 0.2) is 0 Å². The van der Waals surface area contributed by atoms with E-state index in [0.29, 0.717) is 31.0 Å². The Morgan fingerprint density at radius 3 is 2.81 bits per heavy atom. The van der Waals surface area contributed by atoms with Gasteiger partial charge in [0, 0.05) is 26.2 Å². The Morgan fingerprint density at radius 1 is 1.19 bits per heavy atom. The van der Waals surface area contributed by atoms with Crippen LogP contribution in [0, 0.1) is 11.8 Å². The van der Waals surface area contributed by atoms with Gasteiger partial charge in [0.1, 0.15) is 0 Å². The maximum atomic E-state index is 12.9. The molecule has 2 amide bonds.